The molecule has 2 aromatic heterocycles. The van der Waals surface area contributed by atoms with Gasteiger partial charge in [0.1, 0.15) is 10.6 Å². The van der Waals surface area contributed by atoms with E-state index >= 15 is 0 Å². The Labute approximate surface area is 197 Å². The molecule has 3 heterocycles. The van der Waals surface area contributed by atoms with Crippen molar-refractivity contribution in [2.24, 2.45) is 5.92 Å². The van der Waals surface area contributed by atoms with Gasteiger partial charge in [0.15, 0.2) is 10.1 Å². The second-order valence-electron chi connectivity index (χ2n) is 8.98. The highest BCUT2D eigenvalue weighted by molar-refractivity contribution is 8.00. The lowest BCUT2D eigenvalue weighted by molar-refractivity contribution is 0.0879. The van der Waals surface area contributed by atoms with Gasteiger partial charge >= 0.3 is 0 Å². The first-order chi connectivity index (χ1) is 15.7. The van der Waals surface area contributed by atoms with Crippen LogP contribution in [0.4, 0.5) is 0 Å². The van der Waals surface area contributed by atoms with E-state index in [-0.39, 0.29) is 11.9 Å². The number of benzene rings is 1. The first kappa shape index (κ1) is 21.9. The average molecular weight is 471 g/mol. The zero-order chi connectivity index (χ0) is 21.9. The zero-order valence-corrected chi connectivity index (χ0v) is 20.1. The van der Waals surface area contributed by atoms with Crippen LogP contribution in [-0.2, 0) is 5.75 Å². The average Bonchev–Trinajstić information content (AvgIpc) is 3.54. The number of likely N-dealkylation sites (tertiary alicyclic amines) is 1. The normalized spacial score (nSPS) is 18.5. The van der Waals surface area contributed by atoms with Crippen molar-refractivity contribution in [2.75, 3.05) is 19.6 Å². The number of piperidine rings is 1. The molecule has 2 aliphatic rings. The van der Waals surface area contributed by atoms with Gasteiger partial charge in [0, 0.05) is 42.4 Å². The minimum absolute atomic E-state index is 0.0977. The van der Waals surface area contributed by atoms with E-state index in [1.807, 2.05) is 31.2 Å². The summed E-state index contributed by atoms with van der Waals surface area (Å²) in [7, 11) is 0. The van der Waals surface area contributed by atoms with Gasteiger partial charge in [0.05, 0.1) is 0 Å². The molecule has 0 unspecified atom stereocenters. The van der Waals surface area contributed by atoms with E-state index in [0.29, 0.717) is 11.5 Å². The fraction of sp³-hybridized carbons (Fsp3) is 0.542. The summed E-state index contributed by atoms with van der Waals surface area (Å²) in [6, 6.07) is 8.10. The number of fused-ring (bicyclic) bond motifs is 1. The van der Waals surface area contributed by atoms with Crippen LogP contribution in [-0.4, -0.2) is 46.7 Å². The second kappa shape index (κ2) is 9.93. The number of hydrogen-bond acceptors (Lipinski definition) is 7. The second-order valence-corrected chi connectivity index (χ2v) is 11.4. The molecule has 1 N–H and O–H groups in total. The third-order valence-corrected chi connectivity index (χ3v) is 8.66. The van der Waals surface area contributed by atoms with Crippen LogP contribution in [0.3, 0.4) is 0 Å². The Balaban J connectivity index is 1.24. The van der Waals surface area contributed by atoms with E-state index in [9.17, 15) is 4.79 Å². The lowest BCUT2D eigenvalue weighted by atomic mass is 10.0. The van der Waals surface area contributed by atoms with Crippen LogP contribution in [0.2, 0.25) is 0 Å². The molecule has 170 valence electrons. The molecule has 0 bridgehead atoms. The van der Waals surface area contributed by atoms with Crippen LogP contribution in [0.1, 0.15) is 59.7 Å². The van der Waals surface area contributed by atoms with Crippen LogP contribution < -0.4 is 5.32 Å². The SMILES string of the molecule is Cc1nnc(SCc2c(C(=O)NC3CCN(CC4CCCC4)CC3)oc3ccccc23)s1. The van der Waals surface area contributed by atoms with Gasteiger partial charge in [-0.05, 0) is 44.6 Å². The van der Waals surface area contributed by atoms with Crippen molar-refractivity contribution in [3.63, 3.8) is 0 Å². The number of hydrogen-bond donors (Lipinski definition) is 1. The molecule has 1 aliphatic heterocycles. The summed E-state index contributed by atoms with van der Waals surface area (Å²) < 4.78 is 6.95. The minimum Gasteiger partial charge on any atom is -0.451 e. The Hall–Kier alpha value is -1.90. The van der Waals surface area contributed by atoms with Gasteiger partial charge in [-0.1, -0.05) is 54.1 Å². The number of furan rings is 1. The van der Waals surface area contributed by atoms with Crippen LogP contribution in [0.15, 0.2) is 33.0 Å². The summed E-state index contributed by atoms with van der Waals surface area (Å²) in [5, 5.41) is 13.5. The van der Waals surface area contributed by atoms with E-state index in [2.05, 4.69) is 20.4 Å². The van der Waals surface area contributed by atoms with Crippen LogP contribution in [0.5, 0.6) is 0 Å². The highest BCUT2D eigenvalue weighted by Crippen LogP contribution is 2.33. The standard InChI is InChI=1S/C24H30N4O2S2/c1-16-26-27-24(32-16)31-15-20-19-8-4-5-9-21(19)30-22(20)23(29)25-18-10-12-28(13-11-18)14-17-6-2-3-7-17/h4-5,8-9,17-18H,2-3,6-7,10-15H2,1H3,(H,25,29). The number of nitrogens with one attached hydrogen (secondary N) is 1. The van der Waals surface area contributed by atoms with Gasteiger partial charge in [0.25, 0.3) is 5.91 Å². The van der Waals surface area contributed by atoms with Gasteiger partial charge in [-0.3, -0.25) is 4.79 Å². The van der Waals surface area contributed by atoms with Crippen LogP contribution >= 0.6 is 23.1 Å². The van der Waals surface area contributed by atoms with E-state index in [1.165, 1.54) is 32.2 Å². The summed E-state index contributed by atoms with van der Waals surface area (Å²) in [6.07, 6.45) is 7.59. The molecule has 3 aromatic rings. The van der Waals surface area contributed by atoms with Gasteiger partial charge in [-0.2, -0.15) is 0 Å². The predicted octanol–water partition coefficient (Wildman–Crippen LogP) is 5.27. The van der Waals surface area contributed by atoms with Gasteiger partial charge < -0.3 is 14.6 Å². The van der Waals surface area contributed by atoms with Crippen molar-refractivity contribution in [2.45, 2.75) is 61.6 Å². The molecule has 32 heavy (non-hydrogen) atoms. The van der Waals surface area contributed by atoms with E-state index in [4.69, 9.17) is 4.42 Å². The highest BCUT2D eigenvalue weighted by Gasteiger charge is 2.27. The minimum atomic E-state index is -0.0977. The summed E-state index contributed by atoms with van der Waals surface area (Å²) in [5.74, 6) is 1.86. The van der Waals surface area contributed by atoms with Crippen molar-refractivity contribution in [1.82, 2.24) is 20.4 Å². The van der Waals surface area contributed by atoms with E-state index in [0.717, 1.165) is 57.7 Å². The van der Waals surface area contributed by atoms with Crippen molar-refractivity contribution in [3.8, 4) is 0 Å². The molecule has 1 saturated carbocycles. The van der Waals surface area contributed by atoms with Gasteiger partial charge in [-0.25, -0.2) is 0 Å². The maximum Gasteiger partial charge on any atom is 0.287 e. The Kier molecular flexibility index (Phi) is 6.80. The van der Waals surface area contributed by atoms with Crippen molar-refractivity contribution in [1.29, 1.82) is 0 Å². The molecule has 6 nitrogen and oxygen atoms in total. The number of aromatic nitrogens is 2. The summed E-state index contributed by atoms with van der Waals surface area (Å²) in [5.41, 5.74) is 1.70. The maximum absolute atomic E-state index is 13.2. The fourth-order valence-electron chi connectivity index (χ4n) is 4.97. The number of aryl methyl sites for hydroxylation is 1. The quantitative estimate of drug-likeness (QED) is 0.474. The lowest BCUT2D eigenvalue weighted by Gasteiger charge is -2.33. The molecular weight excluding hydrogens is 440 g/mol. The number of thioether (sulfide) groups is 1. The largest absolute Gasteiger partial charge is 0.451 e. The Bertz CT molecular complexity index is 1070. The molecule has 1 aliphatic carbocycles. The number of carbonyl (C=O) groups excluding carboxylic acids is 1. The molecule has 1 saturated heterocycles. The predicted molar refractivity (Wildman–Crippen MR) is 129 cm³/mol. The van der Waals surface area contributed by atoms with Gasteiger partial charge in [-0.15, -0.1) is 10.2 Å². The molecule has 1 amide bonds. The Morgan fingerprint density at radius 1 is 1.19 bits per heavy atom. The molecule has 0 atom stereocenters. The molecular formula is C24H30N4O2S2. The summed E-state index contributed by atoms with van der Waals surface area (Å²) in [6.45, 7) is 5.32. The summed E-state index contributed by atoms with van der Waals surface area (Å²) >= 11 is 3.18. The number of rotatable bonds is 7. The first-order valence-corrected chi connectivity index (χ1v) is 13.4. The van der Waals surface area contributed by atoms with Crippen LogP contribution in [0.25, 0.3) is 11.0 Å². The van der Waals surface area contributed by atoms with Crippen molar-refractivity contribution < 1.29 is 9.21 Å². The molecule has 8 heteroatoms. The Morgan fingerprint density at radius 3 is 2.72 bits per heavy atom. The first-order valence-electron chi connectivity index (χ1n) is 11.6. The highest BCUT2D eigenvalue weighted by atomic mass is 32.2. The lowest BCUT2D eigenvalue weighted by Crippen LogP contribution is -2.45. The Morgan fingerprint density at radius 2 is 1.97 bits per heavy atom. The molecule has 5 rings (SSSR count). The number of nitrogens with zero attached hydrogens (tertiary/aromatic N) is 3. The molecule has 0 radical (unpaired) electrons. The smallest absolute Gasteiger partial charge is 0.287 e. The topological polar surface area (TPSA) is 71.3 Å². The summed E-state index contributed by atoms with van der Waals surface area (Å²) in [4.78, 5) is 15.8. The van der Waals surface area contributed by atoms with Crippen molar-refractivity contribution in [3.05, 3.63) is 40.6 Å². The van der Waals surface area contributed by atoms with Gasteiger partial charge in [0.2, 0.25) is 0 Å². The number of amides is 1. The van der Waals surface area contributed by atoms with Crippen LogP contribution in [0, 0.1) is 12.8 Å². The monoisotopic (exact) mass is 470 g/mol. The third-order valence-electron chi connectivity index (χ3n) is 6.67. The van der Waals surface area contributed by atoms with E-state index in [1.54, 1.807) is 23.1 Å². The molecule has 2 fully saturated rings. The molecule has 1 aromatic carbocycles. The number of para-hydroxylation sites is 1. The number of carbonyl (C=O) groups is 1. The zero-order valence-electron chi connectivity index (χ0n) is 18.5. The van der Waals surface area contributed by atoms with Crippen molar-refractivity contribution >= 4 is 40.0 Å². The third kappa shape index (κ3) is 5.02. The van der Waals surface area contributed by atoms with E-state index < -0.39 is 0 Å². The fourth-order valence-corrected chi connectivity index (χ4v) is 6.81. The molecule has 0 spiro atoms. The maximum atomic E-state index is 13.2.